The minimum Gasteiger partial charge on any atom is -0.343 e. The fourth-order valence-corrected chi connectivity index (χ4v) is 2.51. The first-order chi connectivity index (χ1) is 11.1. The Kier molecular flexibility index (Phi) is 3.89. The lowest BCUT2D eigenvalue weighted by atomic mass is 9.97. The summed E-state index contributed by atoms with van der Waals surface area (Å²) in [6.45, 7) is 3.95. The van der Waals surface area contributed by atoms with E-state index in [0.29, 0.717) is 5.84 Å². The number of rotatable bonds is 3. The van der Waals surface area contributed by atoms with Crippen LogP contribution in [0.3, 0.4) is 0 Å². The molecule has 0 bridgehead atoms. The molecule has 6 nitrogen and oxygen atoms in total. The molecule has 0 fully saturated rings. The van der Waals surface area contributed by atoms with E-state index in [-0.39, 0.29) is 16.7 Å². The first kappa shape index (κ1) is 14.9. The van der Waals surface area contributed by atoms with Crippen molar-refractivity contribution >= 4 is 11.5 Å². The van der Waals surface area contributed by atoms with Gasteiger partial charge in [0.1, 0.15) is 11.7 Å². The molecule has 1 aromatic carbocycles. The normalized spacial score (nSPS) is 17.5. The topological polar surface area (TPSA) is 80.4 Å². The number of benzene rings is 1. The van der Waals surface area contributed by atoms with Crippen LogP contribution >= 0.6 is 0 Å². The summed E-state index contributed by atoms with van der Waals surface area (Å²) in [5.74, 6) is 0.671. The van der Waals surface area contributed by atoms with Gasteiger partial charge in [-0.1, -0.05) is 18.2 Å². The zero-order chi connectivity index (χ0) is 16.4. The third kappa shape index (κ3) is 2.96. The van der Waals surface area contributed by atoms with Gasteiger partial charge < -0.3 is 5.32 Å². The van der Waals surface area contributed by atoms with Gasteiger partial charge in [-0.15, -0.1) is 0 Å². The lowest BCUT2D eigenvalue weighted by Crippen LogP contribution is -2.30. The van der Waals surface area contributed by atoms with Crippen LogP contribution in [0.25, 0.3) is 0 Å². The third-order valence-corrected chi connectivity index (χ3v) is 3.87. The van der Waals surface area contributed by atoms with Gasteiger partial charge in [-0.05, 0) is 37.1 Å². The highest BCUT2D eigenvalue weighted by Crippen LogP contribution is 2.32. The first-order valence-electron chi connectivity index (χ1n) is 7.24. The molecule has 1 aromatic heterocycles. The van der Waals surface area contributed by atoms with Gasteiger partial charge in [-0.2, -0.15) is 0 Å². The highest BCUT2D eigenvalue weighted by Gasteiger charge is 2.23. The average Bonchev–Trinajstić information content (AvgIpc) is 2.58. The van der Waals surface area contributed by atoms with Crippen LogP contribution in [0.15, 0.2) is 64.9 Å². The molecule has 1 aliphatic rings. The van der Waals surface area contributed by atoms with E-state index in [1.165, 1.54) is 6.07 Å². The molecular weight excluding hydrogens is 292 g/mol. The molecular formula is C17H16N4O2. The zero-order valence-corrected chi connectivity index (χ0v) is 12.9. The molecule has 2 heterocycles. The standard InChI is InChI=1S/C17H16N4O2/c1-11-12(2)19-17(15-8-3-4-9-18-15)20-16(11)13-6-5-7-14(10-13)21(22)23/h3-10,16H,1-2H3,(H,19,20). The number of hydrogen-bond acceptors (Lipinski definition) is 5. The second-order valence-electron chi connectivity index (χ2n) is 5.38. The smallest absolute Gasteiger partial charge is 0.269 e. The van der Waals surface area contributed by atoms with Crippen molar-refractivity contribution in [2.75, 3.05) is 0 Å². The fraction of sp³-hybridized carbons (Fsp3) is 0.176. The summed E-state index contributed by atoms with van der Waals surface area (Å²) in [5.41, 5.74) is 3.63. The molecule has 0 saturated carbocycles. The second kappa shape index (κ2) is 6.00. The molecule has 0 radical (unpaired) electrons. The van der Waals surface area contributed by atoms with Crippen LogP contribution in [0.2, 0.25) is 0 Å². The molecule has 0 aliphatic carbocycles. The number of allylic oxidation sites excluding steroid dienone is 1. The Hall–Kier alpha value is -3.02. The molecule has 0 spiro atoms. The van der Waals surface area contributed by atoms with Crippen LogP contribution in [0.5, 0.6) is 0 Å². The maximum Gasteiger partial charge on any atom is 0.269 e. The van der Waals surface area contributed by atoms with Gasteiger partial charge >= 0.3 is 0 Å². The summed E-state index contributed by atoms with van der Waals surface area (Å²) in [7, 11) is 0. The number of hydrogen-bond donors (Lipinski definition) is 1. The number of nitrogens with one attached hydrogen (secondary N) is 1. The molecule has 1 unspecified atom stereocenters. The second-order valence-corrected chi connectivity index (χ2v) is 5.38. The van der Waals surface area contributed by atoms with Crippen molar-refractivity contribution < 1.29 is 4.92 Å². The Morgan fingerprint density at radius 1 is 1.17 bits per heavy atom. The molecule has 1 atom stereocenters. The zero-order valence-electron chi connectivity index (χ0n) is 12.9. The summed E-state index contributed by atoms with van der Waals surface area (Å²) >= 11 is 0. The number of nitrogens with zero attached hydrogens (tertiary/aromatic N) is 3. The quantitative estimate of drug-likeness (QED) is 0.696. The lowest BCUT2D eigenvalue weighted by Gasteiger charge is -2.25. The van der Waals surface area contributed by atoms with Crippen molar-refractivity contribution in [1.29, 1.82) is 0 Å². The number of non-ortho nitro benzene ring substituents is 1. The highest BCUT2D eigenvalue weighted by atomic mass is 16.6. The molecule has 0 amide bonds. The first-order valence-corrected chi connectivity index (χ1v) is 7.24. The van der Waals surface area contributed by atoms with Crippen LogP contribution in [0.4, 0.5) is 5.69 Å². The van der Waals surface area contributed by atoms with Gasteiger partial charge in [0.15, 0.2) is 5.84 Å². The number of aromatic nitrogens is 1. The molecule has 3 rings (SSSR count). The van der Waals surface area contributed by atoms with Crippen molar-refractivity contribution in [2.24, 2.45) is 4.99 Å². The monoisotopic (exact) mass is 308 g/mol. The molecule has 116 valence electrons. The summed E-state index contributed by atoms with van der Waals surface area (Å²) in [4.78, 5) is 19.6. The van der Waals surface area contributed by atoms with Crippen LogP contribution in [0.1, 0.15) is 31.1 Å². The predicted molar refractivity (Wildman–Crippen MR) is 88.1 cm³/mol. The Balaban J connectivity index is 2.05. The molecule has 0 saturated heterocycles. The van der Waals surface area contributed by atoms with Crippen molar-refractivity contribution in [2.45, 2.75) is 19.9 Å². The van der Waals surface area contributed by atoms with Gasteiger partial charge in [0.2, 0.25) is 0 Å². The molecule has 1 aliphatic heterocycles. The number of pyridine rings is 1. The van der Waals surface area contributed by atoms with E-state index in [2.05, 4.69) is 10.3 Å². The van der Waals surface area contributed by atoms with Gasteiger partial charge in [0, 0.05) is 24.0 Å². The molecule has 1 N–H and O–H groups in total. The minimum atomic E-state index is -0.389. The van der Waals surface area contributed by atoms with Crippen molar-refractivity contribution in [3.05, 3.63) is 81.3 Å². The van der Waals surface area contributed by atoms with E-state index in [9.17, 15) is 10.1 Å². The number of nitro groups is 1. The van der Waals surface area contributed by atoms with Crippen molar-refractivity contribution in [1.82, 2.24) is 10.3 Å². The van der Waals surface area contributed by atoms with Crippen molar-refractivity contribution in [3.8, 4) is 0 Å². The minimum absolute atomic E-state index is 0.0704. The Morgan fingerprint density at radius 2 is 2.00 bits per heavy atom. The largest absolute Gasteiger partial charge is 0.343 e. The maximum absolute atomic E-state index is 11.0. The van der Waals surface area contributed by atoms with E-state index in [1.54, 1.807) is 18.3 Å². The summed E-state index contributed by atoms with van der Waals surface area (Å²) < 4.78 is 0. The Bertz CT molecular complexity index is 812. The average molecular weight is 308 g/mol. The summed E-state index contributed by atoms with van der Waals surface area (Å²) in [6.07, 6.45) is 1.71. The number of aliphatic imine (C=N–C) groups is 1. The van der Waals surface area contributed by atoms with E-state index in [0.717, 1.165) is 22.5 Å². The summed E-state index contributed by atoms with van der Waals surface area (Å²) in [5, 5.41) is 14.3. The predicted octanol–water partition coefficient (Wildman–Crippen LogP) is 3.37. The SMILES string of the molecule is CC1=C(C)C(c2cccc([N+](=O)[O-])c2)N=C(c2ccccn2)N1. The van der Waals surface area contributed by atoms with Crippen LogP contribution in [-0.4, -0.2) is 15.7 Å². The van der Waals surface area contributed by atoms with Crippen LogP contribution < -0.4 is 5.32 Å². The fourth-order valence-electron chi connectivity index (χ4n) is 2.51. The number of amidine groups is 1. The molecule has 2 aromatic rings. The molecule has 6 heteroatoms. The van der Waals surface area contributed by atoms with Crippen LogP contribution in [0, 0.1) is 10.1 Å². The number of nitro benzene ring substituents is 1. The third-order valence-electron chi connectivity index (χ3n) is 3.87. The van der Waals surface area contributed by atoms with Gasteiger partial charge in [-0.25, -0.2) is 0 Å². The van der Waals surface area contributed by atoms with Gasteiger partial charge in [0.05, 0.1) is 4.92 Å². The van der Waals surface area contributed by atoms with Crippen molar-refractivity contribution in [3.63, 3.8) is 0 Å². The van der Waals surface area contributed by atoms with E-state index in [4.69, 9.17) is 4.99 Å². The highest BCUT2D eigenvalue weighted by molar-refractivity contribution is 5.99. The Labute approximate surface area is 133 Å². The van der Waals surface area contributed by atoms with Gasteiger partial charge in [0.25, 0.3) is 5.69 Å². The van der Waals surface area contributed by atoms with E-state index in [1.807, 2.05) is 38.1 Å². The lowest BCUT2D eigenvalue weighted by molar-refractivity contribution is -0.384. The maximum atomic E-state index is 11.0. The van der Waals surface area contributed by atoms with Gasteiger partial charge in [-0.3, -0.25) is 20.1 Å². The molecule has 23 heavy (non-hydrogen) atoms. The van der Waals surface area contributed by atoms with E-state index >= 15 is 0 Å². The Morgan fingerprint density at radius 3 is 2.70 bits per heavy atom. The van der Waals surface area contributed by atoms with Crippen LogP contribution in [-0.2, 0) is 0 Å². The van der Waals surface area contributed by atoms with E-state index < -0.39 is 0 Å². The summed E-state index contributed by atoms with van der Waals surface area (Å²) in [6, 6.07) is 12.0.